The maximum atomic E-state index is 4.62. The quantitative estimate of drug-likeness (QED) is 0.864. The first-order valence-electron chi connectivity index (χ1n) is 7.69. The van der Waals surface area contributed by atoms with Gasteiger partial charge < -0.3 is 0 Å². The second-order valence-corrected chi connectivity index (χ2v) is 7.63. The van der Waals surface area contributed by atoms with Crippen LogP contribution in [0.3, 0.4) is 0 Å². The van der Waals surface area contributed by atoms with Gasteiger partial charge in [-0.3, -0.25) is 4.99 Å². The SMILES string of the molecule is CC(C)(C)C1=NCC(SCc2cn(Cc3ccccc3)nn2)=N1. The van der Waals surface area contributed by atoms with Gasteiger partial charge in [-0.25, -0.2) is 9.67 Å². The summed E-state index contributed by atoms with van der Waals surface area (Å²) in [4.78, 5) is 9.14. The molecule has 3 rings (SSSR count). The molecule has 0 aliphatic carbocycles. The molecule has 0 atom stereocenters. The smallest absolute Gasteiger partial charge is 0.130 e. The Hall–Kier alpha value is -1.95. The number of nitrogens with zero attached hydrogens (tertiary/aromatic N) is 5. The van der Waals surface area contributed by atoms with Crippen LogP contribution < -0.4 is 0 Å². The lowest BCUT2D eigenvalue weighted by Crippen LogP contribution is -2.16. The Balaban J connectivity index is 1.54. The summed E-state index contributed by atoms with van der Waals surface area (Å²) in [6, 6.07) is 10.3. The van der Waals surface area contributed by atoms with E-state index >= 15 is 0 Å². The van der Waals surface area contributed by atoms with Crippen LogP contribution in [-0.2, 0) is 12.3 Å². The van der Waals surface area contributed by atoms with Crippen LogP contribution >= 0.6 is 11.8 Å². The van der Waals surface area contributed by atoms with Crippen LogP contribution in [0.15, 0.2) is 46.5 Å². The van der Waals surface area contributed by atoms with Crippen LogP contribution in [0.2, 0.25) is 0 Å². The Morgan fingerprint density at radius 2 is 1.96 bits per heavy atom. The molecule has 0 saturated heterocycles. The van der Waals surface area contributed by atoms with E-state index in [4.69, 9.17) is 0 Å². The first kappa shape index (κ1) is 15.9. The van der Waals surface area contributed by atoms with Crippen LogP contribution in [0.5, 0.6) is 0 Å². The van der Waals surface area contributed by atoms with E-state index < -0.39 is 0 Å². The molecule has 0 fully saturated rings. The number of thioether (sulfide) groups is 1. The summed E-state index contributed by atoms with van der Waals surface area (Å²) in [5.41, 5.74) is 2.21. The first-order valence-corrected chi connectivity index (χ1v) is 8.67. The van der Waals surface area contributed by atoms with Gasteiger partial charge >= 0.3 is 0 Å². The number of aromatic nitrogens is 3. The van der Waals surface area contributed by atoms with Gasteiger partial charge in [0.25, 0.3) is 0 Å². The van der Waals surface area contributed by atoms with Crippen molar-refractivity contribution in [2.75, 3.05) is 6.54 Å². The number of aliphatic imine (C=N–C) groups is 2. The van der Waals surface area contributed by atoms with Crippen molar-refractivity contribution in [3.63, 3.8) is 0 Å². The second kappa shape index (κ2) is 6.66. The molecule has 0 amide bonds. The maximum absolute atomic E-state index is 4.62. The summed E-state index contributed by atoms with van der Waals surface area (Å²) in [5, 5.41) is 9.50. The van der Waals surface area contributed by atoms with Crippen LogP contribution in [0.25, 0.3) is 0 Å². The van der Waals surface area contributed by atoms with E-state index in [9.17, 15) is 0 Å². The minimum Gasteiger partial charge on any atom is -0.263 e. The van der Waals surface area contributed by atoms with Gasteiger partial charge in [0.2, 0.25) is 0 Å². The number of rotatable bonds is 4. The van der Waals surface area contributed by atoms with E-state index in [2.05, 4.69) is 53.2 Å². The molecule has 6 heteroatoms. The van der Waals surface area contributed by atoms with Crippen molar-refractivity contribution in [3.05, 3.63) is 47.8 Å². The summed E-state index contributed by atoms with van der Waals surface area (Å²) in [6.07, 6.45) is 2.00. The van der Waals surface area contributed by atoms with Crippen molar-refractivity contribution in [2.45, 2.75) is 33.1 Å². The maximum Gasteiger partial charge on any atom is 0.130 e. The van der Waals surface area contributed by atoms with Gasteiger partial charge in [-0.15, -0.1) is 16.9 Å². The summed E-state index contributed by atoms with van der Waals surface area (Å²) in [5.74, 6) is 1.72. The minimum absolute atomic E-state index is 0.0150. The van der Waals surface area contributed by atoms with Crippen LogP contribution in [0.1, 0.15) is 32.0 Å². The fourth-order valence-corrected chi connectivity index (χ4v) is 2.98. The Morgan fingerprint density at radius 1 is 1.17 bits per heavy atom. The third kappa shape index (κ3) is 4.28. The summed E-state index contributed by atoms with van der Waals surface area (Å²) in [6.45, 7) is 7.85. The molecule has 0 radical (unpaired) electrons. The van der Waals surface area contributed by atoms with Crippen molar-refractivity contribution in [1.29, 1.82) is 0 Å². The van der Waals surface area contributed by atoms with Crippen LogP contribution in [0, 0.1) is 5.41 Å². The highest BCUT2D eigenvalue weighted by Gasteiger charge is 2.23. The van der Waals surface area contributed by atoms with Crippen molar-refractivity contribution in [1.82, 2.24) is 15.0 Å². The van der Waals surface area contributed by atoms with Gasteiger partial charge in [-0.1, -0.05) is 56.3 Å². The molecule has 0 N–H and O–H groups in total. The van der Waals surface area contributed by atoms with Gasteiger partial charge in [0.1, 0.15) is 5.84 Å². The zero-order chi connectivity index (χ0) is 16.3. The predicted octanol–water partition coefficient (Wildman–Crippen LogP) is 3.42. The van der Waals surface area contributed by atoms with Gasteiger partial charge in [-0.05, 0) is 5.56 Å². The molecular formula is C17H21N5S. The zero-order valence-corrected chi connectivity index (χ0v) is 14.5. The molecule has 1 aliphatic heterocycles. The van der Waals surface area contributed by atoms with Crippen LogP contribution in [-0.4, -0.2) is 32.4 Å². The topological polar surface area (TPSA) is 55.4 Å². The molecule has 0 unspecified atom stereocenters. The van der Waals surface area contributed by atoms with Gasteiger partial charge in [0.05, 0.1) is 23.8 Å². The highest BCUT2D eigenvalue weighted by atomic mass is 32.2. The molecule has 1 aliphatic rings. The van der Waals surface area contributed by atoms with E-state index in [-0.39, 0.29) is 5.41 Å². The van der Waals surface area contributed by atoms with Crippen molar-refractivity contribution < 1.29 is 0 Å². The fraction of sp³-hybridized carbons (Fsp3) is 0.412. The van der Waals surface area contributed by atoms with E-state index in [0.717, 1.165) is 28.9 Å². The molecule has 1 aromatic carbocycles. The van der Waals surface area contributed by atoms with E-state index in [1.807, 2.05) is 29.1 Å². The monoisotopic (exact) mass is 327 g/mol. The minimum atomic E-state index is 0.0150. The lowest BCUT2D eigenvalue weighted by molar-refractivity contribution is 0.586. The molecule has 0 spiro atoms. The highest BCUT2D eigenvalue weighted by Crippen LogP contribution is 2.23. The molecule has 23 heavy (non-hydrogen) atoms. The largest absolute Gasteiger partial charge is 0.263 e. The average molecular weight is 327 g/mol. The van der Waals surface area contributed by atoms with Crippen molar-refractivity contribution in [2.24, 2.45) is 15.4 Å². The Kier molecular flexibility index (Phi) is 4.61. The number of amidine groups is 1. The summed E-state index contributed by atoms with van der Waals surface area (Å²) < 4.78 is 1.87. The van der Waals surface area contributed by atoms with Crippen LogP contribution in [0.4, 0.5) is 0 Å². The molecule has 0 saturated carbocycles. The number of benzene rings is 1. The number of hydrogen-bond acceptors (Lipinski definition) is 5. The second-order valence-electron chi connectivity index (χ2n) is 6.58. The van der Waals surface area contributed by atoms with Crippen molar-refractivity contribution in [3.8, 4) is 0 Å². The molecule has 1 aromatic heterocycles. The Morgan fingerprint density at radius 3 is 2.65 bits per heavy atom. The molecule has 120 valence electrons. The Bertz CT molecular complexity index is 725. The van der Waals surface area contributed by atoms with Crippen molar-refractivity contribution >= 4 is 22.6 Å². The summed E-state index contributed by atoms with van der Waals surface area (Å²) in [7, 11) is 0. The summed E-state index contributed by atoms with van der Waals surface area (Å²) >= 11 is 1.70. The van der Waals surface area contributed by atoms with Gasteiger partial charge in [0, 0.05) is 17.4 Å². The van der Waals surface area contributed by atoms with Gasteiger partial charge in [0.15, 0.2) is 0 Å². The lowest BCUT2D eigenvalue weighted by atomic mass is 9.95. The first-order chi connectivity index (χ1) is 11.0. The van der Waals surface area contributed by atoms with E-state index in [0.29, 0.717) is 6.54 Å². The van der Waals surface area contributed by atoms with E-state index in [1.54, 1.807) is 11.8 Å². The zero-order valence-electron chi connectivity index (χ0n) is 13.7. The fourth-order valence-electron chi connectivity index (χ4n) is 2.22. The molecule has 0 bridgehead atoms. The standard InChI is InChI=1S/C17H21N5S/c1-17(2,3)16-18-9-15(19-16)23-12-14-11-22(21-20-14)10-13-7-5-4-6-8-13/h4-8,11H,9-10,12H2,1-3H3. The molecule has 5 nitrogen and oxygen atoms in total. The highest BCUT2D eigenvalue weighted by molar-refractivity contribution is 8.13. The third-order valence-electron chi connectivity index (χ3n) is 3.43. The molecule has 2 aromatic rings. The van der Waals surface area contributed by atoms with E-state index in [1.165, 1.54) is 5.56 Å². The predicted molar refractivity (Wildman–Crippen MR) is 96.1 cm³/mol. The molecular weight excluding hydrogens is 306 g/mol. The third-order valence-corrected chi connectivity index (χ3v) is 4.42. The average Bonchev–Trinajstić information content (AvgIpc) is 3.15. The number of hydrogen-bond donors (Lipinski definition) is 0. The Labute approximate surface area is 140 Å². The molecule has 2 heterocycles. The van der Waals surface area contributed by atoms with Gasteiger partial charge in [-0.2, -0.15) is 0 Å². The normalized spacial score (nSPS) is 14.7. The lowest BCUT2D eigenvalue weighted by Gasteiger charge is -2.14.